The van der Waals surface area contributed by atoms with E-state index >= 15 is 0 Å². The summed E-state index contributed by atoms with van der Waals surface area (Å²) in [6.07, 6.45) is 2.50. The molecular weight excluding hydrogens is 322 g/mol. The lowest BCUT2D eigenvalue weighted by atomic mass is 9.79. The number of hydrogen-bond donors (Lipinski definition) is 1. The maximum Gasteiger partial charge on any atom is 0.261 e. The zero-order valence-corrected chi connectivity index (χ0v) is 14.1. The van der Waals surface area contributed by atoms with E-state index in [1.807, 2.05) is 6.07 Å². The number of fused-ring (bicyclic) bond motifs is 3. The van der Waals surface area contributed by atoms with Crippen molar-refractivity contribution in [2.75, 3.05) is 14.2 Å². The van der Waals surface area contributed by atoms with Crippen LogP contribution in [-0.2, 0) is 9.53 Å². The molecule has 6 heteroatoms. The van der Waals surface area contributed by atoms with E-state index in [9.17, 15) is 14.7 Å². The summed E-state index contributed by atoms with van der Waals surface area (Å²) < 4.78 is 10.6. The van der Waals surface area contributed by atoms with Gasteiger partial charge in [0.25, 0.3) is 5.78 Å². The zero-order valence-electron chi connectivity index (χ0n) is 14.1. The average molecular weight is 339 g/mol. The van der Waals surface area contributed by atoms with Gasteiger partial charge in [-0.2, -0.15) is 0 Å². The van der Waals surface area contributed by atoms with E-state index in [-0.39, 0.29) is 34.3 Å². The number of ketones is 1. The van der Waals surface area contributed by atoms with Gasteiger partial charge in [0, 0.05) is 17.2 Å². The van der Waals surface area contributed by atoms with Crippen LogP contribution in [0.2, 0.25) is 0 Å². The number of hydrogen-bond acceptors (Lipinski definition) is 6. The van der Waals surface area contributed by atoms with Gasteiger partial charge in [0.1, 0.15) is 0 Å². The lowest BCUT2D eigenvalue weighted by molar-refractivity contribution is -0.117. The maximum atomic E-state index is 12.5. The van der Waals surface area contributed by atoms with Crippen LogP contribution in [0.25, 0.3) is 5.57 Å². The summed E-state index contributed by atoms with van der Waals surface area (Å²) in [6.45, 7) is 2.11. The molecule has 4 atom stereocenters. The van der Waals surface area contributed by atoms with Crippen molar-refractivity contribution in [1.82, 2.24) is 4.90 Å². The van der Waals surface area contributed by atoms with Crippen molar-refractivity contribution in [3.05, 3.63) is 57.1 Å². The van der Waals surface area contributed by atoms with Crippen molar-refractivity contribution in [2.24, 2.45) is 0 Å². The summed E-state index contributed by atoms with van der Waals surface area (Å²) in [7, 11) is 2.89. The molecule has 3 unspecified atom stereocenters. The fraction of sp³-hybridized carbons (Fsp3) is 0.368. The van der Waals surface area contributed by atoms with Crippen LogP contribution < -0.4 is 10.2 Å². The third kappa shape index (κ3) is 1.34. The van der Waals surface area contributed by atoms with Gasteiger partial charge >= 0.3 is 0 Å². The first-order valence-electron chi connectivity index (χ1n) is 8.18. The molecule has 6 nitrogen and oxygen atoms in total. The SMILES string of the molecule is COC1=C2c3ccc(OC)c(=O)cc3[C@H]3CC4(C)N3C24C=C(O)C1=O. The molecule has 3 heterocycles. The van der Waals surface area contributed by atoms with Crippen LogP contribution in [-0.4, -0.2) is 41.1 Å². The van der Waals surface area contributed by atoms with Crippen LogP contribution in [0.4, 0.5) is 0 Å². The Bertz CT molecular complexity index is 994. The van der Waals surface area contributed by atoms with E-state index in [1.54, 1.807) is 18.2 Å². The molecule has 1 aromatic rings. The Morgan fingerprint density at radius 3 is 2.68 bits per heavy atom. The monoisotopic (exact) mass is 339 g/mol. The Labute approximate surface area is 144 Å². The topological polar surface area (TPSA) is 75.8 Å². The minimum atomic E-state index is -0.543. The maximum absolute atomic E-state index is 12.5. The fourth-order valence-electron chi connectivity index (χ4n) is 5.19. The largest absolute Gasteiger partial charge is 0.504 e. The molecule has 0 saturated carbocycles. The van der Waals surface area contributed by atoms with E-state index in [1.165, 1.54) is 14.2 Å². The Kier molecular flexibility index (Phi) is 2.44. The Morgan fingerprint density at radius 1 is 1.24 bits per heavy atom. The predicted octanol–water partition coefficient (Wildman–Crippen LogP) is 1.71. The second-order valence-electron chi connectivity index (χ2n) is 7.18. The number of methoxy groups -OCH3 is 2. The van der Waals surface area contributed by atoms with Gasteiger partial charge in [0.2, 0.25) is 5.43 Å². The zero-order chi connectivity index (χ0) is 17.7. The summed E-state index contributed by atoms with van der Waals surface area (Å²) in [4.78, 5) is 27.1. The summed E-state index contributed by atoms with van der Waals surface area (Å²) in [5.41, 5.74) is 1.53. The summed E-state index contributed by atoms with van der Waals surface area (Å²) in [5, 5.41) is 10.2. The van der Waals surface area contributed by atoms with E-state index in [0.717, 1.165) is 23.1 Å². The second-order valence-corrected chi connectivity index (χ2v) is 7.18. The highest BCUT2D eigenvalue weighted by atomic mass is 16.5. The minimum absolute atomic E-state index is 0.0870. The van der Waals surface area contributed by atoms with Gasteiger partial charge in [0.15, 0.2) is 17.3 Å². The third-order valence-corrected chi connectivity index (χ3v) is 6.27. The van der Waals surface area contributed by atoms with Crippen LogP contribution in [0.1, 0.15) is 30.5 Å². The number of nitrogens with zero attached hydrogens (tertiary/aromatic N) is 1. The van der Waals surface area contributed by atoms with Crippen LogP contribution in [0, 0.1) is 0 Å². The standard InChI is InChI=1S/C19H17NO5/c1-18-7-11-10-6-12(21)14(24-2)5-4-9(10)15-17(25-3)16(23)13(22)8-19(15,18)20(11)18/h4-6,8,11,22H,7H2,1-3H3/t11-,18?,19?,20?/m1/s1. The molecule has 1 aromatic carbocycles. The second kappa shape index (κ2) is 4.14. The minimum Gasteiger partial charge on any atom is -0.504 e. The number of carbonyl (C=O) groups excluding carboxylic acids is 1. The van der Waals surface area contributed by atoms with Crippen molar-refractivity contribution in [3.63, 3.8) is 0 Å². The molecule has 1 N–H and O–H groups in total. The van der Waals surface area contributed by atoms with Crippen molar-refractivity contribution in [3.8, 4) is 5.75 Å². The van der Waals surface area contributed by atoms with Crippen LogP contribution in [0.15, 0.2) is 40.6 Å². The summed E-state index contributed by atoms with van der Waals surface area (Å²) >= 11 is 0. The Morgan fingerprint density at radius 2 is 2.00 bits per heavy atom. The number of aliphatic hydroxyl groups is 1. The number of aliphatic hydroxyl groups excluding tert-OH is 1. The van der Waals surface area contributed by atoms with Crippen LogP contribution in [0.3, 0.4) is 0 Å². The first-order valence-corrected chi connectivity index (χ1v) is 8.18. The molecule has 2 saturated heterocycles. The van der Waals surface area contributed by atoms with Gasteiger partial charge in [-0.15, -0.1) is 0 Å². The van der Waals surface area contributed by atoms with Crippen molar-refractivity contribution >= 4 is 11.4 Å². The average Bonchev–Trinajstić information content (AvgIpc) is 3.07. The molecule has 25 heavy (non-hydrogen) atoms. The van der Waals surface area contributed by atoms with Crippen molar-refractivity contribution in [1.29, 1.82) is 0 Å². The van der Waals surface area contributed by atoms with E-state index in [0.29, 0.717) is 0 Å². The van der Waals surface area contributed by atoms with Gasteiger partial charge < -0.3 is 14.6 Å². The molecule has 2 fully saturated rings. The molecule has 1 spiro atoms. The highest BCUT2D eigenvalue weighted by Crippen LogP contribution is 2.78. The van der Waals surface area contributed by atoms with E-state index in [4.69, 9.17) is 9.47 Å². The highest BCUT2D eigenvalue weighted by Gasteiger charge is 2.85. The van der Waals surface area contributed by atoms with Gasteiger partial charge in [0.05, 0.1) is 19.8 Å². The smallest absolute Gasteiger partial charge is 0.261 e. The molecule has 1 aliphatic carbocycles. The number of ether oxygens (including phenoxy) is 2. The van der Waals surface area contributed by atoms with E-state index < -0.39 is 11.3 Å². The number of rotatable bonds is 2. The fourth-order valence-corrected chi connectivity index (χ4v) is 5.19. The van der Waals surface area contributed by atoms with Gasteiger partial charge in [-0.3, -0.25) is 14.5 Å². The van der Waals surface area contributed by atoms with Crippen molar-refractivity contribution in [2.45, 2.75) is 30.5 Å². The van der Waals surface area contributed by atoms with Crippen LogP contribution in [0.5, 0.6) is 5.75 Å². The van der Waals surface area contributed by atoms with Crippen LogP contribution >= 0.6 is 0 Å². The number of carbonyl (C=O) groups is 1. The number of Topliss-reactive ketones (excluding diaryl/α,β-unsaturated/α-hetero) is 1. The third-order valence-electron chi connectivity index (χ3n) is 6.27. The molecule has 5 rings (SSSR count). The lowest BCUT2D eigenvalue weighted by Crippen LogP contribution is -2.34. The highest BCUT2D eigenvalue weighted by molar-refractivity contribution is 6.15. The molecule has 0 aromatic heterocycles. The molecule has 0 bridgehead atoms. The summed E-state index contributed by atoms with van der Waals surface area (Å²) in [6, 6.07) is 5.15. The molecule has 128 valence electrons. The first kappa shape index (κ1) is 14.7. The van der Waals surface area contributed by atoms with Gasteiger partial charge in [-0.1, -0.05) is 6.07 Å². The van der Waals surface area contributed by atoms with E-state index in [2.05, 4.69) is 11.8 Å². The molecule has 0 radical (unpaired) electrons. The molecule has 3 aliphatic heterocycles. The summed E-state index contributed by atoms with van der Waals surface area (Å²) in [5.74, 6) is -0.396. The van der Waals surface area contributed by atoms with Crippen molar-refractivity contribution < 1.29 is 19.4 Å². The quantitative estimate of drug-likeness (QED) is 0.827. The Balaban J connectivity index is 1.89. The molecule has 0 amide bonds. The van der Waals surface area contributed by atoms with Gasteiger partial charge in [-0.25, -0.2) is 0 Å². The Hall–Kier alpha value is -2.60. The lowest BCUT2D eigenvalue weighted by Gasteiger charge is -2.36. The molecule has 4 aliphatic rings. The van der Waals surface area contributed by atoms with Gasteiger partial charge in [-0.05, 0) is 42.7 Å². The predicted molar refractivity (Wildman–Crippen MR) is 89.2 cm³/mol. The molecular formula is C19H17NO5. The normalized spacial score (nSPS) is 36.4. The first-order chi connectivity index (χ1) is 11.9.